The van der Waals surface area contributed by atoms with Gasteiger partial charge in [-0.1, -0.05) is 32.9 Å². The van der Waals surface area contributed by atoms with Crippen LogP contribution in [-0.2, 0) is 9.53 Å². The Bertz CT molecular complexity index is 228. The minimum absolute atomic E-state index is 0.0338. The van der Waals surface area contributed by atoms with Crippen molar-refractivity contribution in [2.24, 2.45) is 11.3 Å². The van der Waals surface area contributed by atoms with Crippen molar-refractivity contribution in [3.63, 3.8) is 0 Å². The van der Waals surface area contributed by atoms with Crippen molar-refractivity contribution in [1.29, 1.82) is 0 Å². The van der Waals surface area contributed by atoms with Gasteiger partial charge in [-0.3, -0.25) is 4.79 Å². The van der Waals surface area contributed by atoms with Gasteiger partial charge in [0.05, 0.1) is 12.5 Å². The summed E-state index contributed by atoms with van der Waals surface area (Å²) < 4.78 is 5.10. The molecule has 1 atom stereocenters. The molecule has 1 aliphatic rings. The summed E-state index contributed by atoms with van der Waals surface area (Å²) in [6, 6.07) is 0. The minimum atomic E-state index is -0.0562. The van der Waals surface area contributed by atoms with Crippen LogP contribution in [0.1, 0.15) is 33.6 Å². The molecule has 0 aromatic heterocycles. The van der Waals surface area contributed by atoms with E-state index in [1.54, 1.807) is 0 Å². The number of esters is 1. The molecule has 0 radical (unpaired) electrons. The van der Waals surface area contributed by atoms with Gasteiger partial charge in [-0.25, -0.2) is 0 Å². The lowest BCUT2D eigenvalue weighted by Crippen LogP contribution is -2.43. The molecule has 1 saturated carbocycles. The summed E-state index contributed by atoms with van der Waals surface area (Å²) in [6.45, 7) is 10.6. The molecule has 0 saturated heterocycles. The van der Waals surface area contributed by atoms with Crippen molar-refractivity contribution in [1.82, 2.24) is 0 Å². The molecular formula is C11H18O2. The van der Waals surface area contributed by atoms with Crippen LogP contribution in [-0.4, -0.2) is 12.6 Å². The van der Waals surface area contributed by atoms with E-state index in [9.17, 15) is 4.79 Å². The largest absolute Gasteiger partial charge is 0.465 e. The van der Waals surface area contributed by atoms with Crippen molar-refractivity contribution in [2.75, 3.05) is 6.61 Å². The molecule has 13 heavy (non-hydrogen) atoms. The summed E-state index contributed by atoms with van der Waals surface area (Å²) >= 11 is 0. The van der Waals surface area contributed by atoms with Gasteiger partial charge >= 0.3 is 5.97 Å². The maximum Gasteiger partial charge on any atom is 0.310 e. The molecule has 0 bridgehead atoms. The van der Waals surface area contributed by atoms with Crippen molar-refractivity contribution in [3.8, 4) is 0 Å². The fourth-order valence-corrected chi connectivity index (χ4v) is 1.56. The van der Waals surface area contributed by atoms with Crippen LogP contribution in [0, 0.1) is 11.3 Å². The van der Waals surface area contributed by atoms with Crippen LogP contribution < -0.4 is 0 Å². The summed E-state index contributed by atoms with van der Waals surface area (Å²) in [5.41, 5.74) is 1.11. The normalized spacial score (nSPS) is 25.2. The van der Waals surface area contributed by atoms with Gasteiger partial charge < -0.3 is 4.74 Å². The number of hydrogen-bond acceptors (Lipinski definition) is 2. The number of carbonyl (C=O) groups excluding carboxylic acids is 1. The zero-order valence-corrected chi connectivity index (χ0v) is 8.72. The fourth-order valence-electron chi connectivity index (χ4n) is 1.56. The van der Waals surface area contributed by atoms with Gasteiger partial charge in [0.1, 0.15) is 0 Å². The van der Waals surface area contributed by atoms with Gasteiger partial charge in [-0.05, 0) is 18.3 Å². The van der Waals surface area contributed by atoms with E-state index in [-0.39, 0.29) is 17.3 Å². The standard InChI is InChI=1S/C11H18O2/c1-5-6-13-10(12)9-7-8(2)11(9,3)4/h9H,2,5-7H2,1,3-4H3. The van der Waals surface area contributed by atoms with E-state index < -0.39 is 0 Å². The molecule has 74 valence electrons. The monoisotopic (exact) mass is 182 g/mol. The first kappa shape index (κ1) is 10.3. The summed E-state index contributed by atoms with van der Waals surface area (Å²) in [6.07, 6.45) is 1.69. The van der Waals surface area contributed by atoms with E-state index in [0.29, 0.717) is 6.61 Å². The summed E-state index contributed by atoms with van der Waals surface area (Å²) in [7, 11) is 0. The molecular weight excluding hydrogens is 164 g/mol. The highest BCUT2D eigenvalue weighted by Gasteiger charge is 2.47. The van der Waals surface area contributed by atoms with Crippen LogP contribution in [0.15, 0.2) is 12.2 Å². The van der Waals surface area contributed by atoms with Crippen LogP contribution in [0.4, 0.5) is 0 Å². The van der Waals surface area contributed by atoms with Crippen LogP contribution in [0.2, 0.25) is 0 Å². The SMILES string of the molecule is C=C1CC(C(=O)OCCC)C1(C)C. The lowest BCUT2D eigenvalue weighted by atomic mass is 9.59. The lowest BCUT2D eigenvalue weighted by Gasteiger charge is -2.44. The Balaban J connectivity index is 2.46. The topological polar surface area (TPSA) is 26.3 Å². The Hall–Kier alpha value is -0.790. The second-order valence-electron chi connectivity index (χ2n) is 4.25. The average Bonchev–Trinajstić information content (AvgIpc) is 2.10. The third kappa shape index (κ3) is 1.77. The van der Waals surface area contributed by atoms with Gasteiger partial charge in [0.2, 0.25) is 0 Å². The van der Waals surface area contributed by atoms with E-state index in [1.165, 1.54) is 0 Å². The van der Waals surface area contributed by atoms with Crippen molar-refractivity contribution < 1.29 is 9.53 Å². The fraction of sp³-hybridized carbons (Fsp3) is 0.727. The Morgan fingerprint density at radius 1 is 1.69 bits per heavy atom. The van der Waals surface area contributed by atoms with Crippen molar-refractivity contribution in [3.05, 3.63) is 12.2 Å². The molecule has 1 aliphatic carbocycles. The minimum Gasteiger partial charge on any atom is -0.465 e. The van der Waals surface area contributed by atoms with E-state index >= 15 is 0 Å². The number of carbonyl (C=O) groups is 1. The quantitative estimate of drug-likeness (QED) is 0.495. The first-order valence-electron chi connectivity index (χ1n) is 4.85. The molecule has 1 unspecified atom stereocenters. The predicted octanol–water partition coefficient (Wildman–Crippen LogP) is 2.54. The number of ether oxygens (including phenoxy) is 1. The van der Waals surface area contributed by atoms with Crippen LogP contribution >= 0.6 is 0 Å². The second kappa shape index (κ2) is 3.52. The zero-order chi connectivity index (χ0) is 10.1. The summed E-state index contributed by atoms with van der Waals surface area (Å²) in [5, 5.41) is 0. The zero-order valence-electron chi connectivity index (χ0n) is 8.72. The molecule has 0 aliphatic heterocycles. The summed E-state index contributed by atoms with van der Waals surface area (Å²) in [4.78, 5) is 11.5. The van der Waals surface area contributed by atoms with E-state index in [4.69, 9.17) is 4.74 Å². The number of rotatable bonds is 3. The van der Waals surface area contributed by atoms with E-state index in [1.807, 2.05) is 6.92 Å². The highest BCUT2D eigenvalue weighted by molar-refractivity contribution is 5.76. The third-order valence-electron chi connectivity index (χ3n) is 2.97. The third-order valence-corrected chi connectivity index (χ3v) is 2.97. The molecule has 0 spiro atoms. The van der Waals surface area contributed by atoms with Gasteiger partial charge in [-0.2, -0.15) is 0 Å². The predicted molar refractivity (Wildman–Crippen MR) is 52.3 cm³/mol. The van der Waals surface area contributed by atoms with Crippen molar-refractivity contribution >= 4 is 5.97 Å². The molecule has 0 amide bonds. The Kier molecular flexibility index (Phi) is 2.79. The molecule has 0 N–H and O–H groups in total. The Labute approximate surface area is 80.0 Å². The van der Waals surface area contributed by atoms with Gasteiger partial charge in [0, 0.05) is 0 Å². The molecule has 0 aromatic rings. The Morgan fingerprint density at radius 2 is 2.31 bits per heavy atom. The first-order valence-corrected chi connectivity index (χ1v) is 4.85. The smallest absolute Gasteiger partial charge is 0.310 e. The second-order valence-corrected chi connectivity index (χ2v) is 4.25. The molecule has 2 nitrogen and oxygen atoms in total. The maximum atomic E-state index is 11.5. The van der Waals surface area contributed by atoms with Crippen molar-refractivity contribution in [2.45, 2.75) is 33.6 Å². The molecule has 1 rings (SSSR count). The van der Waals surface area contributed by atoms with Crippen LogP contribution in [0.25, 0.3) is 0 Å². The number of allylic oxidation sites excluding steroid dienone is 1. The van der Waals surface area contributed by atoms with Gasteiger partial charge in [0.15, 0.2) is 0 Å². The van der Waals surface area contributed by atoms with E-state index in [2.05, 4.69) is 20.4 Å². The molecule has 1 fully saturated rings. The highest BCUT2D eigenvalue weighted by Crippen LogP contribution is 2.50. The average molecular weight is 182 g/mol. The molecule has 0 heterocycles. The number of hydrogen-bond donors (Lipinski definition) is 0. The lowest BCUT2D eigenvalue weighted by molar-refractivity contribution is -0.155. The highest BCUT2D eigenvalue weighted by atomic mass is 16.5. The summed E-state index contributed by atoms with van der Waals surface area (Å²) in [5.74, 6) is -0.0224. The molecule has 0 aromatic carbocycles. The van der Waals surface area contributed by atoms with E-state index in [0.717, 1.165) is 18.4 Å². The molecule has 2 heteroatoms. The van der Waals surface area contributed by atoms with Gasteiger partial charge in [0.25, 0.3) is 0 Å². The Morgan fingerprint density at radius 3 is 2.69 bits per heavy atom. The van der Waals surface area contributed by atoms with Gasteiger partial charge in [-0.15, -0.1) is 0 Å². The van der Waals surface area contributed by atoms with Crippen LogP contribution in [0.5, 0.6) is 0 Å². The maximum absolute atomic E-state index is 11.5. The first-order chi connectivity index (χ1) is 6.00. The van der Waals surface area contributed by atoms with Crippen LogP contribution in [0.3, 0.4) is 0 Å².